The van der Waals surface area contributed by atoms with Crippen LogP contribution in [0.1, 0.15) is 33.1 Å². The molecule has 0 saturated heterocycles. The smallest absolute Gasteiger partial charge is 0.412 e. The van der Waals surface area contributed by atoms with E-state index < -0.39 is 38.8 Å². The molecule has 6 rings (SSSR count). The summed E-state index contributed by atoms with van der Waals surface area (Å²) in [6.07, 6.45) is 1.91. The van der Waals surface area contributed by atoms with Crippen molar-refractivity contribution in [1.82, 2.24) is 0 Å². The van der Waals surface area contributed by atoms with Crippen LogP contribution in [0.2, 0.25) is 0 Å². The molecule has 7 heteroatoms. The minimum Gasteiger partial charge on any atom is -0.412 e. The van der Waals surface area contributed by atoms with E-state index in [4.69, 9.17) is 2.46 Å². The van der Waals surface area contributed by atoms with Crippen molar-refractivity contribution in [2.45, 2.75) is 33.1 Å². The summed E-state index contributed by atoms with van der Waals surface area (Å²) < 4.78 is 40.2. The van der Waals surface area contributed by atoms with Crippen LogP contribution in [0.25, 0.3) is 0 Å². The number of hydrogen-bond donors (Lipinski definition) is 0. The normalized spacial score (nSPS) is 22.4. The number of fused-ring (bicyclic) bond motifs is 2. The number of rotatable bonds is 8. The number of benzene rings is 4. The van der Waals surface area contributed by atoms with Crippen molar-refractivity contribution in [2.75, 3.05) is 5.75 Å². The van der Waals surface area contributed by atoms with E-state index in [9.17, 15) is 13.2 Å². The van der Waals surface area contributed by atoms with Gasteiger partial charge in [-0.1, -0.05) is 0 Å². The van der Waals surface area contributed by atoms with E-state index in [1.54, 1.807) is 0 Å². The van der Waals surface area contributed by atoms with Crippen LogP contribution in [-0.4, -0.2) is 43.2 Å². The molecule has 214 valence electrons. The van der Waals surface area contributed by atoms with Gasteiger partial charge in [-0.3, -0.25) is 0 Å². The Morgan fingerprint density at radius 1 is 0.707 bits per heavy atom. The van der Waals surface area contributed by atoms with Crippen LogP contribution in [0.4, 0.5) is 0 Å². The van der Waals surface area contributed by atoms with Crippen LogP contribution in [0, 0.1) is 16.7 Å². The van der Waals surface area contributed by atoms with Crippen molar-refractivity contribution in [3.05, 3.63) is 121 Å². The molecule has 2 atom stereocenters. The van der Waals surface area contributed by atoms with E-state index in [2.05, 4.69) is 13.8 Å². The molecule has 0 aromatic heterocycles. The van der Waals surface area contributed by atoms with Gasteiger partial charge in [0.2, 0.25) is 0 Å². The summed E-state index contributed by atoms with van der Waals surface area (Å²) >= 11 is -5.63. The first-order valence-electron chi connectivity index (χ1n) is 13.9. The van der Waals surface area contributed by atoms with Gasteiger partial charge in [0, 0.05) is 0 Å². The number of carbonyl (C=O) groups excluding carboxylic acids is 1. The van der Waals surface area contributed by atoms with E-state index in [0.717, 1.165) is 20.5 Å². The zero-order valence-electron chi connectivity index (χ0n) is 23.4. The second kappa shape index (κ2) is 10.5. The third-order valence-electron chi connectivity index (χ3n) is 9.82. The van der Waals surface area contributed by atoms with Crippen LogP contribution in [0.15, 0.2) is 121 Å². The van der Waals surface area contributed by atoms with Crippen molar-refractivity contribution in [3.63, 3.8) is 0 Å². The Morgan fingerprint density at radius 3 is 1.37 bits per heavy atom. The van der Waals surface area contributed by atoms with Gasteiger partial charge in [-0.2, -0.15) is 0 Å². The fourth-order valence-corrected chi connectivity index (χ4v) is 30.6. The van der Waals surface area contributed by atoms with E-state index in [0.29, 0.717) is 12.8 Å². The number of hydrogen-bond acceptors (Lipinski definition) is 4. The zero-order chi connectivity index (χ0) is 28.1. The number of Topliss-reactive ketones (excluding diaryl/α,β-unsaturated/α-hetero) is 1. The molecule has 2 N–H and O–H groups in total. The van der Waals surface area contributed by atoms with Gasteiger partial charge in [0.25, 0.3) is 0 Å². The molecule has 0 radical (unpaired) electrons. The fraction of sp³-hybridized carbons (Fsp3) is 0.265. The van der Waals surface area contributed by atoms with Crippen LogP contribution in [0.5, 0.6) is 0 Å². The predicted octanol–water partition coefficient (Wildman–Crippen LogP) is 3.43. The molecule has 0 amide bonds. The van der Waals surface area contributed by atoms with E-state index in [1.807, 2.05) is 121 Å². The molecular formula is C34H37O5SSb. The van der Waals surface area contributed by atoms with E-state index in [1.165, 1.54) is 0 Å². The Labute approximate surface area is 244 Å². The molecule has 4 aromatic carbocycles. The summed E-state index contributed by atoms with van der Waals surface area (Å²) in [5.74, 6) is -0.0273. The molecule has 0 spiro atoms. The maximum Gasteiger partial charge on any atom is -0.412 e. The van der Waals surface area contributed by atoms with Gasteiger partial charge >= 0.3 is 240 Å². The summed E-state index contributed by atoms with van der Waals surface area (Å²) in [6, 6.07) is 39.5. The molecule has 2 fully saturated rings. The maximum absolute atomic E-state index is 14.8. The largest absolute Gasteiger partial charge is 0.412 e. The SMILES string of the molecule is CC1(C)C2CCC1(CS(=O)(=O)[O][Sb]([c]1ccccc1)([c]1ccccc1)([c]1ccccc1)[c]1ccccc1)C(=O)C2.O. The maximum atomic E-state index is 14.8. The second-order valence-corrected chi connectivity index (χ2v) is 26.5. The Balaban J connectivity index is 0.00000337. The van der Waals surface area contributed by atoms with Gasteiger partial charge in [-0.15, -0.1) is 0 Å². The predicted molar refractivity (Wildman–Crippen MR) is 167 cm³/mol. The van der Waals surface area contributed by atoms with Gasteiger partial charge in [-0.05, 0) is 0 Å². The van der Waals surface area contributed by atoms with E-state index in [-0.39, 0.29) is 22.9 Å². The van der Waals surface area contributed by atoms with Gasteiger partial charge in [0.1, 0.15) is 0 Å². The summed E-state index contributed by atoms with van der Waals surface area (Å²) in [6.45, 7) is 4.14. The fourth-order valence-electron chi connectivity index (χ4n) is 7.58. The Bertz CT molecular complexity index is 1470. The topological polar surface area (TPSA) is 91.9 Å². The quantitative estimate of drug-likeness (QED) is 0.267. The second-order valence-electron chi connectivity index (χ2n) is 11.8. The molecule has 41 heavy (non-hydrogen) atoms. The van der Waals surface area contributed by atoms with Crippen LogP contribution < -0.4 is 14.0 Å². The Hall–Kier alpha value is -2.76. The first-order chi connectivity index (χ1) is 19.2. The molecule has 0 heterocycles. The molecule has 0 aliphatic heterocycles. The molecule has 4 aromatic rings. The average Bonchev–Trinajstić information content (AvgIpc) is 3.32. The van der Waals surface area contributed by atoms with Crippen molar-refractivity contribution in [1.29, 1.82) is 0 Å². The van der Waals surface area contributed by atoms with Crippen molar-refractivity contribution in [3.8, 4) is 0 Å². The Morgan fingerprint density at radius 2 is 1.07 bits per heavy atom. The molecule has 2 saturated carbocycles. The third kappa shape index (κ3) is 4.18. The van der Waals surface area contributed by atoms with E-state index >= 15 is 0 Å². The van der Waals surface area contributed by atoms with Crippen LogP contribution >= 0.6 is 0 Å². The van der Waals surface area contributed by atoms with Gasteiger partial charge in [0.15, 0.2) is 0 Å². The first kappa shape index (κ1) is 29.7. The van der Waals surface area contributed by atoms with Crippen molar-refractivity contribution < 1.29 is 21.2 Å². The molecule has 2 aliphatic rings. The van der Waals surface area contributed by atoms with Gasteiger partial charge in [0.05, 0.1) is 0 Å². The summed E-state index contributed by atoms with van der Waals surface area (Å²) in [4.78, 5) is 13.5. The van der Waals surface area contributed by atoms with Crippen molar-refractivity contribution >= 4 is 47.8 Å². The van der Waals surface area contributed by atoms with Gasteiger partial charge < -0.3 is 5.48 Å². The number of ketones is 1. The summed E-state index contributed by atoms with van der Waals surface area (Å²) in [7, 11) is -4.25. The van der Waals surface area contributed by atoms with Gasteiger partial charge in [-0.25, -0.2) is 0 Å². The van der Waals surface area contributed by atoms with Crippen molar-refractivity contribution in [2.24, 2.45) is 16.7 Å². The summed E-state index contributed by atoms with van der Waals surface area (Å²) in [5, 5.41) is 0. The average molecular weight is 679 g/mol. The summed E-state index contributed by atoms with van der Waals surface area (Å²) in [5.41, 5.74) is -1.33. The zero-order valence-corrected chi connectivity index (χ0v) is 26.8. The standard InChI is InChI=1S/C10H16O4S.4C6H5.H2O.Sb/c1-9(2)7-3-4-10(9,8(11)5-7)6-15(12,13)14;4*1-2-4-6-5-3-1;;/h7H,3-6H2,1-2H3,(H,12,13,14);4*1-5H;1H2;/q;;;;;;+1/p-1. The monoisotopic (exact) mass is 678 g/mol. The molecular weight excluding hydrogens is 642 g/mol. The third-order valence-corrected chi connectivity index (χ3v) is 30.3. The molecule has 5 nitrogen and oxygen atoms in total. The minimum atomic E-state index is -5.63. The first-order valence-corrected chi connectivity index (χ1v) is 21.6. The molecule has 2 bridgehead atoms. The molecule has 2 unspecified atom stereocenters. The Kier molecular flexibility index (Phi) is 7.61. The van der Waals surface area contributed by atoms with Crippen LogP contribution in [0.3, 0.4) is 0 Å². The van der Waals surface area contributed by atoms with Crippen LogP contribution in [-0.2, 0) is 17.4 Å². The minimum absolute atomic E-state index is 0. The number of carbonyl (C=O) groups is 1. The molecule has 2 aliphatic carbocycles.